The van der Waals surface area contributed by atoms with E-state index in [0.717, 1.165) is 76.2 Å². The number of benzene rings is 1. The summed E-state index contributed by atoms with van der Waals surface area (Å²) in [4.78, 5) is 6.77. The molecule has 3 rings (SSSR count). The molecule has 8 heteroatoms. The number of aliphatic imine (C=N–C) groups is 1. The first-order valence-corrected chi connectivity index (χ1v) is 11.2. The molecule has 6 nitrogen and oxygen atoms in total. The van der Waals surface area contributed by atoms with Crippen LogP contribution >= 0.6 is 35.6 Å². The summed E-state index contributed by atoms with van der Waals surface area (Å²) in [7, 11) is 1.82. The van der Waals surface area contributed by atoms with Crippen molar-refractivity contribution in [2.24, 2.45) is 10.9 Å². The maximum atomic E-state index is 6.19. The van der Waals surface area contributed by atoms with Gasteiger partial charge in [0.1, 0.15) is 0 Å². The monoisotopic (exact) mass is 550 g/mol. The number of ether oxygens (including phenoxy) is 2. The third kappa shape index (κ3) is 8.05. The Morgan fingerprint density at radius 2 is 2.20 bits per heavy atom. The first-order valence-electron chi connectivity index (χ1n) is 10.8. The van der Waals surface area contributed by atoms with Crippen molar-refractivity contribution in [3.63, 3.8) is 0 Å². The summed E-state index contributed by atoms with van der Waals surface area (Å²) in [5, 5.41) is 7.65. The minimum atomic E-state index is 0. The van der Waals surface area contributed by atoms with Crippen LogP contribution in [0, 0.1) is 12.8 Å². The van der Waals surface area contributed by atoms with Crippen molar-refractivity contribution in [2.45, 2.75) is 38.7 Å². The zero-order valence-corrected chi connectivity index (χ0v) is 21.2. The molecule has 2 unspecified atom stereocenters. The Labute approximate surface area is 203 Å². The highest BCUT2D eigenvalue weighted by molar-refractivity contribution is 14.0. The van der Waals surface area contributed by atoms with Crippen LogP contribution in [0.5, 0.6) is 0 Å². The highest BCUT2D eigenvalue weighted by Crippen LogP contribution is 2.29. The van der Waals surface area contributed by atoms with Gasteiger partial charge in [-0.25, -0.2) is 0 Å². The number of aryl methyl sites for hydroxylation is 1. The maximum Gasteiger partial charge on any atom is 0.190 e. The summed E-state index contributed by atoms with van der Waals surface area (Å²) in [6, 6.07) is 6.13. The molecule has 2 heterocycles. The Kier molecular flexibility index (Phi) is 11.6. The van der Waals surface area contributed by atoms with Gasteiger partial charge in [0.2, 0.25) is 0 Å². The molecule has 0 radical (unpaired) electrons. The molecule has 2 atom stereocenters. The van der Waals surface area contributed by atoms with Gasteiger partial charge in [0, 0.05) is 57.2 Å². The van der Waals surface area contributed by atoms with E-state index in [1.165, 1.54) is 17.7 Å². The molecular formula is C22H36ClIN4O2. The lowest BCUT2D eigenvalue weighted by Gasteiger charge is -2.21. The summed E-state index contributed by atoms with van der Waals surface area (Å²) in [5.41, 5.74) is 2.53. The summed E-state index contributed by atoms with van der Waals surface area (Å²) in [5.74, 6) is 1.46. The minimum Gasteiger partial charge on any atom is -0.379 e. The molecule has 0 spiro atoms. The summed E-state index contributed by atoms with van der Waals surface area (Å²) >= 11 is 6.19. The quantitative estimate of drug-likeness (QED) is 0.212. The summed E-state index contributed by atoms with van der Waals surface area (Å²) in [6.45, 7) is 8.39. The number of hydrogen-bond acceptors (Lipinski definition) is 4. The summed E-state index contributed by atoms with van der Waals surface area (Å²) < 4.78 is 11.3. The van der Waals surface area contributed by atoms with E-state index in [4.69, 9.17) is 21.1 Å². The lowest BCUT2D eigenvalue weighted by Crippen LogP contribution is -2.40. The van der Waals surface area contributed by atoms with Gasteiger partial charge in [-0.15, -0.1) is 24.0 Å². The Morgan fingerprint density at radius 3 is 2.97 bits per heavy atom. The van der Waals surface area contributed by atoms with Crippen LogP contribution in [-0.2, 0) is 9.47 Å². The Bertz CT molecular complexity index is 671. The van der Waals surface area contributed by atoms with Crippen molar-refractivity contribution in [2.75, 3.05) is 57.9 Å². The summed E-state index contributed by atoms with van der Waals surface area (Å²) in [6.07, 6.45) is 4.73. The molecule has 2 aliphatic rings. The molecule has 2 aliphatic heterocycles. The van der Waals surface area contributed by atoms with Gasteiger partial charge in [-0.1, -0.05) is 17.7 Å². The van der Waals surface area contributed by atoms with Crippen molar-refractivity contribution in [1.82, 2.24) is 10.6 Å². The van der Waals surface area contributed by atoms with Gasteiger partial charge in [0.25, 0.3) is 0 Å². The fourth-order valence-electron chi connectivity index (χ4n) is 3.97. The number of anilines is 1. The molecule has 2 fully saturated rings. The lowest BCUT2D eigenvalue weighted by molar-refractivity contribution is 0.0168. The number of hydrogen-bond donors (Lipinski definition) is 2. The predicted octanol–water partition coefficient (Wildman–Crippen LogP) is 3.84. The van der Waals surface area contributed by atoms with Gasteiger partial charge in [-0.2, -0.15) is 0 Å². The van der Waals surface area contributed by atoms with Crippen molar-refractivity contribution in [1.29, 1.82) is 0 Å². The predicted molar refractivity (Wildman–Crippen MR) is 136 cm³/mol. The van der Waals surface area contributed by atoms with Crippen LogP contribution in [0.3, 0.4) is 0 Å². The number of nitrogens with zero attached hydrogens (tertiary/aromatic N) is 2. The van der Waals surface area contributed by atoms with Gasteiger partial charge in [-0.05, 0) is 56.2 Å². The Morgan fingerprint density at radius 1 is 1.33 bits per heavy atom. The normalized spacial score (nSPS) is 21.6. The molecule has 0 aliphatic carbocycles. The second kappa shape index (κ2) is 13.6. The molecule has 2 saturated heterocycles. The van der Waals surface area contributed by atoms with Crippen molar-refractivity contribution < 1.29 is 9.47 Å². The van der Waals surface area contributed by atoms with Crippen LogP contribution in [0.25, 0.3) is 0 Å². The number of guanidine groups is 1. The van der Waals surface area contributed by atoms with Crippen molar-refractivity contribution in [3.05, 3.63) is 28.8 Å². The van der Waals surface area contributed by atoms with Crippen LogP contribution < -0.4 is 15.5 Å². The minimum absolute atomic E-state index is 0. The molecule has 0 aromatic heterocycles. The third-order valence-electron chi connectivity index (χ3n) is 5.67. The fourth-order valence-corrected chi connectivity index (χ4v) is 4.14. The van der Waals surface area contributed by atoms with Crippen LogP contribution in [0.4, 0.5) is 5.69 Å². The third-order valence-corrected chi connectivity index (χ3v) is 5.90. The van der Waals surface area contributed by atoms with Crippen LogP contribution in [-0.4, -0.2) is 65.1 Å². The molecule has 0 amide bonds. The van der Waals surface area contributed by atoms with E-state index in [-0.39, 0.29) is 24.0 Å². The second-order valence-electron chi connectivity index (χ2n) is 7.97. The number of halogens is 2. The topological polar surface area (TPSA) is 58.1 Å². The van der Waals surface area contributed by atoms with Gasteiger partial charge in [0.15, 0.2) is 5.96 Å². The van der Waals surface area contributed by atoms with E-state index >= 15 is 0 Å². The highest BCUT2D eigenvalue weighted by Gasteiger charge is 2.24. The van der Waals surface area contributed by atoms with E-state index < -0.39 is 0 Å². The molecule has 1 aromatic carbocycles. The van der Waals surface area contributed by atoms with E-state index in [2.05, 4.69) is 39.6 Å². The molecular weight excluding hydrogens is 515 g/mol. The van der Waals surface area contributed by atoms with E-state index in [1.807, 2.05) is 13.1 Å². The van der Waals surface area contributed by atoms with Gasteiger partial charge >= 0.3 is 0 Å². The zero-order valence-electron chi connectivity index (χ0n) is 18.2. The smallest absolute Gasteiger partial charge is 0.190 e. The van der Waals surface area contributed by atoms with Gasteiger partial charge < -0.3 is 25.0 Å². The largest absolute Gasteiger partial charge is 0.379 e. The Balaban J connectivity index is 0.00000320. The van der Waals surface area contributed by atoms with Crippen molar-refractivity contribution >= 4 is 47.2 Å². The SMILES string of the molecule is CN=C(NCCCOCC1CCCO1)NCC1CCN(c2cc(Cl)ccc2C)C1.I. The molecule has 1 aromatic rings. The van der Waals surface area contributed by atoms with E-state index in [9.17, 15) is 0 Å². The van der Waals surface area contributed by atoms with Gasteiger partial charge in [0.05, 0.1) is 12.7 Å². The average molecular weight is 551 g/mol. The first kappa shape index (κ1) is 25.5. The Hall–Kier alpha value is -0.770. The molecule has 0 bridgehead atoms. The standard InChI is InChI=1S/C22H35ClN4O2.HI/c1-17-6-7-19(23)13-21(17)27-10-8-18(15-27)14-26-22(24-2)25-9-4-11-28-16-20-5-3-12-29-20;/h6-7,13,18,20H,3-5,8-12,14-16H2,1-2H3,(H2,24,25,26);1H. The highest BCUT2D eigenvalue weighted by atomic mass is 127. The van der Waals surface area contributed by atoms with Crippen LogP contribution in [0.15, 0.2) is 23.2 Å². The molecule has 2 N–H and O–H groups in total. The van der Waals surface area contributed by atoms with Crippen molar-refractivity contribution in [3.8, 4) is 0 Å². The maximum absolute atomic E-state index is 6.19. The van der Waals surface area contributed by atoms with E-state index in [1.54, 1.807) is 0 Å². The van der Waals surface area contributed by atoms with Gasteiger partial charge in [-0.3, -0.25) is 4.99 Å². The second-order valence-corrected chi connectivity index (χ2v) is 8.41. The lowest BCUT2D eigenvalue weighted by atomic mass is 10.1. The average Bonchev–Trinajstić information content (AvgIpc) is 3.41. The zero-order chi connectivity index (χ0) is 20.5. The number of nitrogens with one attached hydrogen (secondary N) is 2. The fraction of sp³-hybridized carbons (Fsp3) is 0.682. The molecule has 30 heavy (non-hydrogen) atoms. The first-order chi connectivity index (χ1) is 14.2. The van der Waals surface area contributed by atoms with Crippen LogP contribution in [0.2, 0.25) is 5.02 Å². The molecule has 0 saturated carbocycles. The molecule has 170 valence electrons. The van der Waals surface area contributed by atoms with E-state index in [0.29, 0.717) is 12.0 Å². The van der Waals surface area contributed by atoms with Crippen LogP contribution in [0.1, 0.15) is 31.2 Å². The number of rotatable bonds is 9.